The average molecular weight is 534 g/mol. The first-order valence-corrected chi connectivity index (χ1v) is 12.9. The molecular formula is C28H43N3O7. The van der Waals surface area contributed by atoms with Crippen molar-refractivity contribution in [2.45, 2.75) is 72.1 Å². The number of carbonyl (C=O) groups is 4. The summed E-state index contributed by atoms with van der Waals surface area (Å²) < 4.78 is 10.3. The van der Waals surface area contributed by atoms with Crippen LogP contribution in [0.15, 0.2) is 30.8 Å². The number of aliphatic hydroxyl groups is 1. The van der Waals surface area contributed by atoms with E-state index in [9.17, 15) is 24.3 Å². The first-order valence-electron chi connectivity index (χ1n) is 12.9. The highest BCUT2D eigenvalue weighted by Crippen LogP contribution is 2.25. The third kappa shape index (κ3) is 10.5. The van der Waals surface area contributed by atoms with Crippen LogP contribution in [0.1, 0.15) is 71.6 Å². The third-order valence-corrected chi connectivity index (χ3v) is 5.73. The number of esters is 1. The number of nitrogens with zero attached hydrogens (tertiary/aromatic N) is 1. The molecule has 0 aliphatic carbocycles. The number of rotatable bonds is 14. The Bertz CT molecular complexity index is 958. The Kier molecular flexibility index (Phi) is 13.5. The van der Waals surface area contributed by atoms with Crippen molar-refractivity contribution in [3.63, 3.8) is 0 Å². The number of hydrogen-bond donors (Lipinski definition) is 3. The van der Waals surface area contributed by atoms with Gasteiger partial charge >= 0.3 is 12.1 Å². The normalized spacial score (nSPS) is 13.4. The lowest BCUT2D eigenvalue weighted by molar-refractivity contribution is -0.145. The lowest BCUT2D eigenvalue weighted by Crippen LogP contribution is -2.55. The second-order valence-corrected chi connectivity index (χ2v) is 9.89. The summed E-state index contributed by atoms with van der Waals surface area (Å²) in [6.45, 7) is 13.9. The summed E-state index contributed by atoms with van der Waals surface area (Å²) in [5, 5.41) is 15.2. The Balaban J connectivity index is 3.43. The van der Waals surface area contributed by atoms with Crippen LogP contribution in [0.5, 0.6) is 0 Å². The second kappa shape index (κ2) is 15.8. The standard InChI is InChI=1S/C28H43N3O7/c1-8-19(4)23(30-27(36)38-28(5,6)7)26(35)31(16-17-32)24(21-13-11-12-20(9-2)18-21)25(34)29-15-14-22(33)37-10-3/h9,11-13,18-19,23-24,32H,2,8,10,14-17H2,1,3-7H3,(H,29,34)(H,30,36). The van der Waals surface area contributed by atoms with E-state index in [2.05, 4.69) is 17.2 Å². The number of carbonyl (C=O) groups excluding carboxylic acids is 4. The molecule has 1 aromatic rings. The molecule has 0 aromatic heterocycles. The molecule has 38 heavy (non-hydrogen) atoms. The van der Waals surface area contributed by atoms with Crippen LogP contribution in [0, 0.1) is 5.92 Å². The van der Waals surface area contributed by atoms with Gasteiger partial charge in [0.15, 0.2) is 0 Å². The fraction of sp³-hybridized carbons (Fsp3) is 0.571. The van der Waals surface area contributed by atoms with E-state index in [4.69, 9.17) is 9.47 Å². The van der Waals surface area contributed by atoms with Crippen molar-refractivity contribution in [1.82, 2.24) is 15.5 Å². The fourth-order valence-electron chi connectivity index (χ4n) is 3.72. The summed E-state index contributed by atoms with van der Waals surface area (Å²) in [4.78, 5) is 53.1. The van der Waals surface area contributed by atoms with Crippen molar-refractivity contribution in [2.24, 2.45) is 5.92 Å². The molecule has 0 saturated heterocycles. The molecule has 0 spiro atoms. The van der Waals surface area contributed by atoms with E-state index in [1.54, 1.807) is 58.0 Å². The van der Waals surface area contributed by atoms with Gasteiger partial charge in [0.25, 0.3) is 0 Å². The van der Waals surface area contributed by atoms with Gasteiger partial charge in [0.1, 0.15) is 17.7 Å². The Labute approximate surface area is 225 Å². The lowest BCUT2D eigenvalue weighted by Gasteiger charge is -2.35. The van der Waals surface area contributed by atoms with E-state index in [-0.39, 0.29) is 32.0 Å². The zero-order valence-electron chi connectivity index (χ0n) is 23.4. The Morgan fingerprint density at radius 3 is 2.42 bits per heavy atom. The molecule has 3 atom stereocenters. The molecule has 0 aliphatic heterocycles. The number of benzene rings is 1. The molecule has 0 saturated carbocycles. The van der Waals surface area contributed by atoms with Gasteiger partial charge < -0.3 is 30.1 Å². The number of alkyl carbamates (subject to hydrolysis) is 1. The first-order chi connectivity index (χ1) is 17.9. The molecule has 0 fully saturated rings. The van der Waals surface area contributed by atoms with Gasteiger partial charge in [-0.1, -0.05) is 51.1 Å². The summed E-state index contributed by atoms with van der Waals surface area (Å²) in [6, 6.07) is 4.79. The zero-order chi connectivity index (χ0) is 28.9. The third-order valence-electron chi connectivity index (χ3n) is 5.73. The van der Waals surface area contributed by atoms with E-state index >= 15 is 0 Å². The van der Waals surface area contributed by atoms with Gasteiger partial charge in [-0.25, -0.2) is 4.79 Å². The maximum Gasteiger partial charge on any atom is 0.408 e. The summed E-state index contributed by atoms with van der Waals surface area (Å²) in [6.07, 6.45) is 1.37. The molecule has 1 rings (SSSR count). The minimum atomic E-state index is -1.15. The summed E-state index contributed by atoms with van der Waals surface area (Å²) >= 11 is 0. The molecule has 10 nitrogen and oxygen atoms in total. The van der Waals surface area contributed by atoms with Crippen LogP contribution in [0.2, 0.25) is 0 Å². The molecule has 3 amide bonds. The molecule has 212 valence electrons. The van der Waals surface area contributed by atoms with Crippen molar-refractivity contribution < 1.29 is 33.8 Å². The molecule has 10 heteroatoms. The smallest absolute Gasteiger partial charge is 0.408 e. The van der Waals surface area contributed by atoms with Crippen LogP contribution >= 0.6 is 0 Å². The van der Waals surface area contributed by atoms with Crippen molar-refractivity contribution >= 4 is 30.0 Å². The van der Waals surface area contributed by atoms with E-state index in [0.29, 0.717) is 12.0 Å². The number of hydrogen-bond acceptors (Lipinski definition) is 7. The minimum absolute atomic E-state index is 0.00141. The summed E-state index contributed by atoms with van der Waals surface area (Å²) in [5.41, 5.74) is 0.441. The molecule has 1 aromatic carbocycles. The molecule has 3 N–H and O–H groups in total. The Morgan fingerprint density at radius 2 is 1.87 bits per heavy atom. The van der Waals surface area contributed by atoms with Crippen molar-refractivity contribution in [2.75, 3.05) is 26.3 Å². The highest BCUT2D eigenvalue weighted by molar-refractivity contribution is 5.92. The predicted molar refractivity (Wildman–Crippen MR) is 145 cm³/mol. The topological polar surface area (TPSA) is 134 Å². The van der Waals surface area contributed by atoms with E-state index in [1.165, 1.54) is 4.90 Å². The first kappa shape index (κ1) is 32.6. The highest BCUT2D eigenvalue weighted by Gasteiger charge is 2.38. The summed E-state index contributed by atoms with van der Waals surface area (Å²) in [5.74, 6) is -1.85. The van der Waals surface area contributed by atoms with Crippen LogP contribution in [0.4, 0.5) is 4.79 Å². The van der Waals surface area contributed by atoms with Crippen LogP contribution in [-0.4, -0.2) is 71.8 Å². The predicted octanol–water partition coefficient (Wildman–Crippen LogP) is 3.20. The maximum atomic E-state index is 13.9. The molecule has 0 bridgehead atoms. The molecule has 3 unspecified atom stereocenters. The van der Waals surface area contributed by atoms with Gasteiger partial charge in [0.05, 0.1) is 19.6 Å². The van der Waals surface area contributed by atoms with Gasteiger partial charge in [0.2, 0.25) is 11.8 Å². The molecule has 0 heterocycles. The zero-order valence-corrected chi connectivity index (χ0v) is 23.4. The van der Waals surface area contributed by atoms with Gasteiger partial charge in [-0.05, 0) is 50.8 Å². The maximum absolute atomic E-state index is 13.9. The van der Waals surface area contributed by atoms with Crippen molar-refractivity contribution in [1.29, 1.82) is 0 Å². The van der Waals surface area contributed by atoms with Gasteiger partial charge in [-0.2, -0.15) is 0 Å². The SMILES string of the molecule is C=Cc1cccc(C(C(=O)NCCC(=O)OCC)N(CCO)C(=O)C(NC(=O)OC(C)(C)C)C(C)CC)c1. The Morgan fingerprint density at radius 1 is 1.18 bits per heavy atom. The van der Waals surface area contributed by atoms with E-state index < -0.39 is 48.2 Å². The van der Waals surface area contributed by atoms with Gasteiger partial charge in [-0.15, -0.1) is 0 Å². The van der Waals surface area contributed by atoms with E-state index in [0.717, 1.165) is 5.56 Å². The minimum Gasteiger partial charge on any atom is -0.466 e. The quantitative estimate of drug-likeness (QED) is 0.313. The molecule has 0 aliphatic rings. The summed E-state index contributed by atoms with van der Waals surface area (Å²) in [7, 11) is 0. The van der Waals surface area contributed by atoms with Gasteiger partial charge in [0, 0.05) is 13.1 Å². The van der Waals surface area contributed by atoms with Gasteiger partial charge in [-0.3, -0.25) is 14.4 Å². The average Bonchev–Trinajstić information content (AvgIpc) is 2.85. The molecular weight excluding hydrogens is 490 g/mol. The van der Waals surface area contributed by atoms with Crippen LogP contribution in [0.25, 0.3) is 6.08 Å². The lowest BCUT2D eigenvalue weighted by atomic mass is 9.95. The number of nitrogens with one attached hydrogen (secondary N) is 2. The van der Waals surface area contributed by atoms with Crippen LogP contribution < -0.4 is 10.6 Å². The van der Waals surface area contributed by atoms with Crippen LogP contribution in [-0.2, 0) is 23.9 Å². The Hall–Kier alpha value is -3.40. The number of amides is 3. The monoisotopic (exact) mass is 533 g/mol. The highest BCUT2D eigenvalue weighted by atomic mass is 16.6. The van der Waals surface area contributed by atoms with Crippen molar-refractivity contribution in [3.8, 4) is 0 Å². The molecule has 0 radical (unpaired) electrons. The second-order valence-electron chi connectivity index (χ2n) is 9.89. The van der Waals surface area contributed by atoms with Crippen molar-refractivity contribution in [3.05, 3.63) is 42.0 Å². The number of aliphatic hydroxyl groups excluding tert-OH is 1. The fourth-order valence-corrected chi connectivity index (χ4v) is 3.72. The number of ether oxygens (including phenoxy) is 2. The van der Waals surface area contributed by atoms with E-state index in [1.807, 2.05) is 13.8 Å². The van der Waals surface area contributed by atoms with Crippen LogP contribution in [0.3, 0.4) is 0 Å². The largest absolute Gasteiger partial charge is 0.466 e.